The van der Waals surface area contributed by atoms with Gasteiger partial charge in [0.05, 0.1) is 5.56 Å². The molecule has 1 rings (SSSR count). The molecular formula is C15H24F3N3. The number of anilines is 2. The summed E-state index contributed by atoms with van der Waals surface area (Å²) in [7, 11) is 0. The zero-order valence-electron chi connectivity index (χ0n) is 13.0. The standard InChI is InChI=1S/C15H24F3N3/c1-5-11(6-2)10(4)20-14-9-12(15(16,17)18)8-13(21-14)19-7-3/h8-11H,5-7H2,1-4H3,(H2,19,20,21). The minimum atomic E-state index is -4.37. The largest absolute Gasteiger partial charge is 0.416 e. The molecule has 0 fully saturated rings. The number of rotatable bonds is 7. The molecule has 6 heteroatoms. The topological polar surface area (TPSA) is 37.0 Å². The van der Waals surface area contributed by atoms with Crippen molar-refractivity contribution in [3.05, 3.63) is 17.7 Å². The molecule has 0 aliphatic rings. The van der Waals surface area contributed by atoms with E-state index in [9.17, 15) is 13.2 Å². The fourth-order valence-electron chi connectivity index (χ4n) is 2.39. The summed E-state index contributed by atoms with van der Waals surface area (Å²) in [6.45, 7) is 8.48. The van der Waals surface area contributed by atoms with E-state index in [0.29, 0.717) is 12.5 Å². The Hall–Kier alpha value is -1.46. The molecule has 0 radical (unpaired) electrons. The Balaban J connectivity index is 3.02. The Kier molecular flexibility index (Phi) is 6.30. The molecule has 1 atom stereocenters. The summed E-state index contributed by atoms with van der Waals surface area (Å²) in [5.41, 5.74) is -0.687. The summed E-state index contributed by atoms with van der Waals surface area (Å²) in [6, 6.07) is 2.18. The minimum Gasteiger partial charge on any atom is -0.370 e. The average molecular weight is 303 g/mol. The number of hydrogen-bond donors (Lipinski definition) is 2. The first kappa shape index (κ1) is 17.6. The second-order valence-electron chi connectivity index (χ2n) is 5.16. The molecule has 1 heterocycles. The van der Waals surface area contributed by atoms with E-state index in [4.69, 9.17) is 0 Å². The van der Waals surface area contributed by atoms with Crippen LogP contribution in [0.5, 0.6) is 0 Å². The van der Waals surface area contributed by atoms with E-state index in [-0.39, 0.29) is 17.7 Å². The minimum absolute atomic E-state index is 0.0745. The Morgan fingerprint density at radius 3 is 2.14 bits per heavy atom. The molecule has 120 valence electrons. The molecule has 1 unspecified atom stereocenters. The molecule has 0 saturated carbocycles. The number of halogens is 3. The SMILES string of the molecule is CCNc1cc(C(F)(F)F)cc(NC(C)C(CC)CC)n1. The van der Waals surface area contributed by atoms with Crippen LogP contribution in [0.1, 0.15) is 46.1 Å². The molecular weight excluding hydrogens is 279 g/mol. The first-order chi connectivity index (χ1) is 9.81. The van der Waals surface area contributed by atoms with Crippen molar-refractivity contribution < 1.29 is 13.2 Å². The Labute approximate surface area is 124 Å². The van der Waals surface area contributed by atoms with Crippen LogP contribution < -0.4 is 10.6 Å². The fraction of sp³-hybridized carbons (Fsp3) is 0.667. The fourth-order valence-corrected chi connectivity index (χ4v) is 2.39. The van der Waals surface area contributed by atoms with E-state index in [0.717, 1.165) is 25.0 Å². The van der Waals surface area contributed by atoms with Gasteiger partial charge >= 0.3 is 6.18 Å². The zero-order valence-corrected chi connectivity index (χ0v) is 13.0. The first-order valence-electron chi connectivity index (χ1n) is 7.41. The van der Waals surface area contributed by atoms with E-state index in [2.05, 4.69) is 29.5 Å². The molecule has 2 N–H and O–H groups in total. The number of alkyl halides is 3. The lowest BCUT2D eigenvalue weighted by Gasteiger charge is -2.24. The summed E-state index contributed by atoms with van der Waals surface area (Å²) in [6.07, 6.45) is -2.42. The molecule has 0 spiro atoms. The van der Waals surface area contributed by atoms with Gasteiger partial charge in [-0.05, 0) is 31.9 Å². The van der Waals surface area contributed by atoms with Crippen LogP contribution in [-0.2, 0) is 6.18 Å². The first-order valence-corrected chi connectivity index (χ1v) is 7.41. The van der Waals surface area contributed by atoms with E-state index < -0.39 is 11.7 Å². The predicted molar refractivity (Wildman–Crippen MR) is 80.6 cm³/mol. The number of nitrogens with zero attached hydrogens (tertiary/aromatic N) is 1. The van der Waals surface area contributed by atoms with Crippen molar-refractivity contribution in [2.24, 2.45) is 5.92 Å². The van der Waals surface area contributed by atoms with Gasteiger partial charge in [0.15, 0.2) is 0 Å². The number of nitrogens with one attached hydrogen (secondary N) is 2. The maximum atomic E-state index is 12.9. The van der Waals surface area contributed by atoms with Crippen molar-refractivity contribution >= 4 is 11.6 Å². The lowest BCUT2D eigenvalue weighted by molar-refractivity contribution is -0.137. The quantitative estimate of drug-likeness (QED) is 0.762. The third kappa shape index (κ3) is 5.10. The molecule has 0 aromatic carbocycles. The van der Waals surface area contributed by atoms with Crippen LogP contribution in [0, 0.1) is 5.92 Å². The molecule has 0 aliphatic heterocycles. The van der Waals surface area contributed by atoms with E-state index in [1.54, 1.807) is 0 Å². The summed E-state index contributed by atoms with van der Waals surface area (Å²) >= 11 is 0. The maximum Gasteiger partial charge on any atom is 0.416 e. The molecule has 1 aromatic rings. The van der Waals surface area contributed by atoms with Gasteiger partial charge in [-0.3, -0.25) is 0 Å². The molecule has 0 bridgehead atoms. The second kappa shape index (κ2) is 7.52. The van der Waals surface area contributed by atoms with Crippen molar-refractivity contribution in [3.8, 4) is 0 Å². The van der Waals surface area contributed by atoms with Gasteiger partial charge in [0.25, 0.3) is 0 Å². The van der Waals surface area contributed by atoms with Crippen molar-refractivity contribution in [3.63, 3.8) is 0 Å². The van der Waals surface area contributed by atoms with Gasteiger partial charge < -0.3 is 10.6 Å². The van der Waals surface area contributed by atoms with Gasteiger partial charge in [0.1, 0.15) is 11.6 Å². The molecule has 0 aliphatic carbocycles. The van der Waals surface area contributed by atoms with E-state index in [1.807, 2.05) is 13.8 Å². The highest BCUT2D eigenvalue weighted by Crippen LogP contribution is 2.32. The highest BCUT2D eigenvalue weighted by molar-refractivity contribution is 5.50. The normalized spacial score (nSPS) is 13.3. The maximum absolute atomic E-state index is 12.9. The van der Waals surface area contributed by atoms with Gasteiger partial charge in [0.2, 0.25) is 0 Å². The number of aromatic nitrogens is 1. The third-order valence-corrected chi connectivity index (χ3v) is 3.64. The monoisotopic (exact) mass is 303 g/mol. The van der Waals surface area contributed by atoms with Gasteiger partial charge in [-0.15, -0.1) is 0 Å². The van der Waals surface area contributed by atoms with Crippen LogP contribution in [0.2, 0.25) is 0 Å². The van der Waals surface area contributed by atoms with Gasteiger partial charge in [-0.2, -0.15) is 13.2 Å². The van der Waals surface area contributed by atoms with Crippen LogP contribution in [0.4, 0.5) is 24.8 Å². The number of pyridine rings is 1. The average Bonchev–Trinajstić information content (AvgIpc) is 2.39. The van der Waals surface area contributed by atoms with Crippen LogP contribution in [0.25, 0.3) is 0 Å². The Morgan fingerprint density at radius 1 is 1.10 bits per heavy atom. The van der Waals surface area contributed by atoms with Crippen LogP contribution in [-0.4, -0.2) is 17.6 Å². The lowest BCUT2D eigenvalue weighted by atomic mass is 9.95. The third-order valence-electron chi connectivity index (χ3n) is 3.64. The molecule has 1 aromatic heterocycles. The van der Waals surface area contributed by atoms with E-state index in [1.165, 1.54) is 0 Å². The molecule has 0 saturated heterocycles. The molecule has 3 nitrogen and oxygen atoms in total. The summed E-state index contributed by atoms with van der Waals surface area (Å²) in [5.74, 6) is 0.913. The highest BCUT2D eigenvalue weighted by atomic mass is 19.4. The summed E-state index contributed by atoms with van der Waals surface area (Å²) in [4.78, 5) is 4.21. The Morgan fingerprint density at radius 2 is 1.67 bits per heavy atom. The van der Waals surface area contributed by atoms with Gasteiger partial charge in [-0.25, -0.2) is 4.98 Å². The number of hydrogen-bond acceptors (Lipinski definition) is 3. The lowest BCUT2D eigenvalue weighted by Crippen LogP contribution is -2.26. The van der Waals surface area contributed by atoms with Crippen LogP contribution in [0.15, 0.2) is 12.1 Å². The van der Waals surface area contributed by atoms with Crippen molar-refractivity contribution in [2.45, 2.75) is 52.8 Å². The van der Waals surface area contributed by atoms with Crippen molar-refractivity contribution in [1.29, 1.82) is 0 Å². The van der Waals surface area contributed by atoms with Crippen molar-refractivity contribution in [2.75, 3.05) is 17.2 Å². The van der Waals surface area contributed by atoms with Crippen molar-refractivity contribution in [1.82, 2.24) is 4.98 Å². The second-order valence-corrected chi connectivity index (χ2v) is 5.16. The molecule has 21 heavy (non-hydrogen) atoms. The Bertz CT molecular complexity index is 442. The van der Waals surface area contributed by atoms with Gasteiger partial charge in [0, 0.05) is 12.6 Å². The predicted octanol–water partition coefficient (Wildman–Crippen LogP) is 4.77. The van der Waals surface area contributed by atoms with Crippen LogP contribution in [0.3, 0.4) is 0 Å². The van der Waals surface area contributed by atoms with Gasteiger partial charge in [-0.1, -0.05) is 26.7 Å². The highest BCUT2D eigenvalue weighted by Gasteiger charge is 2.32. The smallest absolute Gasteiger partial charge is 0.370 e. The summed E-state index contributed by atoms with van der Waals surface area (Å²) < 4.78 is 38.8. The zero-order chi connectivity index (χ0) is 16.0. The molecule has 0 amide bonds. The summed E-state index contributed by atoms with van der Waals surface area (Å²) in [5, 5.41) is 5.94. The van der Waals surface area contributed by atoms with Crippen LogP contribution >= 0.6 is 0 Å². The van der Waals surface area contributed by atoms with E-state index >= 15 is 0 Å².